The van der Waals surface area contributed by atoms with E-state index in [9.17, 15) is 9.59 Å². The second-order valence-corrected chi connectivity index (χ2v) is 2.73. The number of esters is 1. The molecule has 0 aromatic rings. The molecule has 0 radical (unpaired) electrons. The predicted octanol–water partition coefficient (Wildman–Crippen LogP) is 1.49. The molecule has 0 atom stereocenters. The van der Waals surface area contributed by atoms with Crippen molar-refractivity contribution < 1.29 is 19.1 Å². The molecule has 0 amide bonds. The van der Waals surface area contributed by atoms with E-state index >= 15 is 0 Å². The highest BCUT2D eigenvalue weighted by atomic mass is 16.7. The summed E-state index contributed by atoms with van der Waals surface area (Å²) in [6.45, 7) is 1.89. The Labute approximate surface area is 70.8 Å². The molecule has 4 heteroatoms. The molecule has 0 spiro atoms. The Balaban J connectivity index is 2.20. The van der Waals surface area contributed by atoms with Crippen LogP contribution in [-0.2, 0) is 14.3 Å². The lowest BCUT2D eigenvalue weighted by Crippen LogP contribution is -2.26. The molecule has 12 heavy (non-hydrogen) atoms. The van der Waals surface area contributed by atoms with Gasteiger partial charge in [0, 0.05) is 0 Å². The Bertz CT molecular complexity index is 183. The van der Waals surface area contributed by atoms with E-state index < -0.39 is 12.1 Å². The quantitative estimate of drug-likeness (QED) is 0.467. The van der Waals surface area contributed by atoms with E-state index in [0.717, 1.165) is 19.3 Å². The van der Waals surface area contributed by atoms with Gasteiger partial charge in [0.1, 0.15) is 0 Å². The van der Waals surface area contributed by atoms with Crippen molar-refractivity contribution in [2.24, 2.45) is 5.92 Å². The van der Waals surface area contributed by atoms with E-state index in [1.165, 1.54) is 0 Å². The molecular formula is C8H12O4. The van der Waals surface area contributed by atoms with Crippen molar-refractivity contribution in [1.29, 1.82) is 0 Å². The zero-order valence-corrected chi connectivity index (χ0v) is 7.04. The number of ether oxygens (including phenoxy) is 2. The lowest BCUT2D eigenvalue weighted by atomic mass is 9.86. The van der Waals surface area contributed by atoms with Crippen molar-refractivity contribution in [1.82, 2.24) is 0 Å². The Morgan fingerprint density at radius 2 is 2.08 bits per heavy atom. The van der Waals surface area contributed by atoms with Crippen molar-refractivity contribution in [2.45, 2.75) is 26.2 Å². The van der Waals surface area contributed by atoms with Gasteiger partial charge in [0.05, 0.1) is 12.5 Å². The zero-order chi connectivity index (χ0) is 8.97. The average Bonchev–Trinajstić information content (AvgIpc) is 1.82. The number of hydrogen-bond donors (Lipinski definition) is 0. The van der Waals surface area contributed by atoms with E-state index in [1.54, 1.807) is 6.92 Å². The van der Waals surface area contributed by atoms with Crippen LogP contribution >= 0.6 is 0 Å². The minimum atomic E-state index is -0.880. The van der Waals surface area contributed by atoms with E-state index in [1.807, 2.05) is 0 Å². The van der Waals surface area contributed by atoms with Gasteiger partial charge < -0.3 is 9.47 Å². The first-order chi connectivity index (χ1) is 5.74. The minimum Gasteiger partial charge on any atom is -0.434 e. The highest BCUT2D eigenvalue weighted by Crippen LogP contribution is 2.27. The van der Waals surface area contributed by atoms with Gasteiger partial charge in [-0.05, 0) is 19.8 Å². The maximum absolute atomic E-state index is 11.0. The van der Waals surface area contributed by atoms with Crippen LogP contribution in [0.15, 0.2) is 0 Å². The average molecular weight is 172 g/mol. The fraction of sp³-hybridized carbons (Fsp3) is 0.750. The summed E-state index contributed by atoms with van der Waals surface area (Å²) >= 11 is 0. The topological polar surface area (TPSA) is 52.6 Å². The fourth-order valence-corrected chi connectivity index (χ4v) is 0.957. The van der Waals surface area contributed by atoms with Crippen LogP contribution in [0.3, 0.4) is 0 Å². The monoisotopic (exact) mass is 172 g/mol. The molecule has 0 aliphatic heterocycles. The summed E-state index contributed by atoms with van der Waals surface area (Å²) in [7, 11) is 0. The number of carbonyl (C=O) groups excluding carboxylic acids is 2. The van der Waals surface area contributed by atoms with Gasteiger partial charge in [-0.3, -0.25) is 4.79 Å². The van der Waals surface area contributed by atoms with E-state index in [2.05, 4.69) is 9.47 Å². The molecule has 1 aliphatic rings. The van der Waals surface area contributed by atoms with Gasteiger partial charge in [0.25, 0.3) is 0 Å². The standard InChI is InChI=1S/C8H12O4/c1-2-11-8(10)12-7(9)6-4-3-5-6/h6H,2-5H2,1H3. The molecule has 0 aromatic heterocycles. The molecular weight excluding hydrogens is 160 g/mol. The van der Waals surface area contributed by atoms with Gasteiger partial charge in [-0.25, -0.2) is 4.79 Å². The summed E-state index contributed by atoms with van der Waals surface area (Å²) in [5, 5.41) is 0. The van der Waals surface area contributed by atoms with E-state index in [4.69, 9.17) is 0 Å². The molecule has 0 aromatic carbocycles. The van der Waals surface area contributed by atoms with Gasteiger partial charge in [0.15, 0.2) is 0 Å². The molecule has 0 bridgehead atoms. The Hall–Kier alpha value is -1.06. The molecule has 1 saturated carbocycles. The van der Waals surface area contributed by atoms with Crippen LogP contribution in [0.25, 0.3) is 0 Å². The molecule has 1 aliphatic carbocycles. The smallest absolute Gasteiger partial charge is 0.434 e. The fourth-order valence-electron chi connectivity index (χ4n) is 0.957. The van der Waals surface area contributed by atoms with Crippen LogP contribution in [0.2, 0.25) is 0 Å². The van der Waals surface area contributed by atoms with Crippen LogP contribution in [0.5, 0.6) is 0 Å². The number of hydrogen-bond acceptors (Lipinski definition) is 4. The first kappa shape index (κ1) is 9.03. The third-order valence-electron chi connectivity index (χ3n) is 1.88. The van der Waals surface area contributed by atoms with Crippen molar-refractivity contribution >= 4 is 12.1 Å². The van der Waals surface area contributed by atoms with Crippen molar-refractivity contribution in [2.75, 3.05) is 6.61 Å². The van der Waals surface area contributed by atoms with Crippen molar-refractivity contribution in [3.63, 3.8) is 0 Å². The first-order valence-corrected chi connectivity index (χ1v) is 4.12. The lowest BCUT2D eigenvalue weighted by molar-refractivity contribution is -0.147. The third kappa shape index (κ3) is 2.22. The molecule has 68 valence electrons. The summed E-state index contributed by atoms with van der Waals surface area (Å²) in [5.41, 5.74) is 0. The van der Waals surface area contributed by atoms with Gasteiger partial charge >= 0.3 is 12.1 Å². The van der Waals surface area contributed by atoms with Gasteiger partial charge in [-0.15, -0.1) is 0 Å². The number of carbonyl (C=O) groups is 2. The second kappa shape index (κ2) is 4.09. The van der Waals surface area contributed by atoms with Gasteiger partial charge in [-0.1, -0.05) is 6.42 Å². The van der Waals surface area contributed by atoms with Crippen molar-refractivity contribution in [3.8, 4) is 0 Å². The molecule has 0 saturated heterocycles. The molecule has 1 rings (SSSR count). The third-order valence-corrected chi connectivity index (χ3v) is 1.88. The summed E-state index contributed by atoms with van der Waals surface area (Å²) < 4.78 is 8.84. The molecule has 0 unspecified atom stereocenters. The van der Waals surface area contributed by atoms with Gasteiger partial charge in [-0.2, -0.15) is 0 Å². The molecule has 1 fully saturated rings. The Morgan fingerprint density at radius 1 is 1.42 bits per heavy atom. The normalized spacial score (nSPS) is 16.4. The maximum Gasteiger partial charge on any atom is 0.516 e. The predicted molar refractivity (Wildman–Crippen MR) is 40.5 cm³/mol. The second-order valence-electron chi connectivity index (χ2n) is 2.73. The molecule has 4 nitrogen and oxygen atoms in total. The highest BCUT2D eigenvalue weighted by molar-refractivity contribution is 5.83. The highest BCUT2D eigenvalue weighted by Gasteiger charge is 2.28. The van der Waals surface area contributed by atoms with Crippen LogP contribution in [0, 0.1) is 5.92 Å². The Morgan fingerprint density at radius 3 is 2.50 bits per heavy atom. The lowest BCUT2D eigenvalue weighted by Gasteiger charge is -2.21. The summed E-state index contributed by atoms with van der Waals surface area (Å²) in [5.74, 6) is -0.519. The van der Waals surface area contributed by atoms with Crippen LogP contribution in [-0.4, -0.2) is 18.7 Å². The maximum atomic E-state index is 11.0. The first-order valence-electron chi connectivity index (χ1n) is 4.12. The van der Waals surface area contributed by atoms with Crippen LogP contribution in [0.4, 0.5) is 4.79 Å². The summed E-state index contributed by atoms with van der Waals surface area (Å²) in [6.07, 6.45) is 1.83. The largest absolute Gasteiger partial charge is 0.516 e. The zero-order valence-electron chi connectivity index (χ0n) is 7.04. The van der Waals surface area contributed by atoms with E-state index in [0.29, 0.717) is 0 Å². The van der Waals surface area contributed by atoms with E-state index in [-0.39, 0.29) is 12.5 Å². The molecule has 0 N–H and O–H groups in total. The molecule has 0 heterocycles. The van der Waals surface area contributed by atoms with Crippen LogP contribution in [0.1, 0.15) is 26.2 Å². The van der Waals surface area contributed by atoms with Crippen molar-refractivity contribution in [3.05, 3.63) is 0 Å². The SMILES string of the molecule is CCOC(=O)OC(=O)C1CCC1. The summed E-state index contributed by atoms with van der Waals surface area (Å²) in [6, 6.07) is 0. The van der Waals surface area contributed by atoms with Crippen LogP contribution < -0.4 is 0 Å². The van der Waals surface area contributed by atoms with Gasteiger partial charge in [0.2, 0.25) is 0 Å². The summed E-state index contributed by atoms with van der Waals surface area (Å²) in [4.78, 5) is 21.6. The minimum absolute atomic E-state index is 0.0746. The number of rotatable bonds is 2. The Kier molecular flexibility index (Phi) is 3.08.